The van der Waals surface area contributed by atoms with Gasteiger partial charge in [-0.05, 0) is 35.7 Å². The number of hydrogen-bond donors (Lipinski definition) is 1. The molecule has 0 aliphatic carbocycles. The van der Waals surface area contributed by atoms with Gasteiger partial charge in [0.05, 0.1) is 36.5 Å². The zero-order valence-corrected chi connectivity index (χ0v) is 17.4. The summed E-state index contributed by atoms with van der Waals surface area (Å²) in [5, 5.41) is 3.27. The molecule has 1 amide bonds. The summed E-state index contributed by atoms with van der Waals surface area (Å²) >= 11 is 0. The molecule has 0 saturated heterocycles. The first-order valence-electron chi connectivity index (χ1n) is 10.3. The Labute approximate surface area is 178 Å². The average Bonchev–Trinajstić information content (AvgIpc) is 2.98. The van der Waals surface area contributed by atoms with Crippen LogP contribution in [-0.4, -0.2) is 28.7 Å². The normalized spacial score (nSPS) is 14.3. The van der Waals surface area contributed by atoms with Crippen molar-refractivity contribution in [1.82, 2.24) is 14.9 Å². The molecule has 31 heavy (non-hydrogen) atoms. The third kappa shape index (κ3) is 4.52. The van der Waals surface area contributed by atoms with Gasteiger partial charge < -0.3 is 14.8 Å². The van der Waals surface area contributed by atoms with Crippen molar-refractivity contribution in [3.05, 3.63) is 64.5 Å². The molecule has 0 saturated carbocycles. The molecule has 1 N–H and O–H groups in total. The van der Waals surface area contributed by atoms with Crippen LogP contribution in [0.25, 0.3) is 10.9 Å². The molecule has 1 atom stereocenters. The topological polar surface area (TPSA) is 82.5 Å². The van der Waals surface area contributed by atoms with E-state index in [4.69, 9.17) is 9.47 Å². The number of aromatic nitrogens is 2. The maximum Gasteiger partial charge on any atom is 0.261 e. The first-order valence-corrected chi connectivity index (χ1v) is 10.3. The Kier molecular flexibility index (Phi) is 5.88. The molecule has 8 heteroatoms. The van der Waals surface area contributed by atoms with Gasteiger partial charge in [-0.15, -0.1) is 0 Å². The Bertz CT molecular complexity index is 1180. The summed E-state index contributed by atoms with van der Waals surface area (Å²) in [6, 6.07) is 9.16. The summed E-state index contributed by atoms with van der Waals surface area (Å²) in [6.45, 7) is 5.01. The van der Waals surface area contributed by atoms with Gasteiger partial charge in [0.25, 0.3) is 5.56 Å². The summed E-state index contributed by atoms with van der Waals surface area (Å²) in [7, 11) is 0. The Morgan fingerprint density at radius 3 is 2.71 bits per heavy atom. The van der Waals surface area contributed by atoms with Crippen LogP contribution in [0, 0.1) is 11.7 Å². The van der Waals surface area contributed by atoms with Gasteiger partial charge in [-0.1, -0.05) is 19.9 Å². The Hall–Kier alpha value is -3.42. The summed E-state index contributed by atoms with van der Waals surface area (Å²) in [5.41, 5.74) is 0.762. The molecule has 0 spiro atoms. The molecule has 1 aromatic heterocycles. The van der Waals surface area contributed by atoms with Crippen LogP contribution in [-0.2, 0) is 11.3 Å². The van der Waals surface area contributed by atoms with E-state index in [2.05, 4.69) is 10.3 Å². The van der Waals surface area contributed by atoms with Crippen LogP contribution in [0.4, 0.5) is 4.39 Å². The van der Waals surface area contributed by atoms with E-state index < -0.39 is 11.4 Å². The highest BCUT2D eigenvalue weighted by Gasteiger charge is 2.21. The fourth-order valence-electron chi connectivity index (χ4n) is 3.63. The smallest absolute Gasteiger partial charge is 0.261 e. The highest BCUT2D eigenvalue weighted by Crippen LogP contribution is 2.34. The number of fused-ring (bicyclic) bond motifs is 2. The number of ether oxygens (including phenoxy) is 2. The van der Waals surface area contributed by atoms with Crippen molar-refractivity contribution in [2.75, 3.05) is 13.2 Å². The zero-order chi connectivity index (χ0) is 22.0. The molecule has 2 heterocycles. The second-order valence-electron chi connectivity index (χ2n) is 7.88. The van der Waals surface area contributed by atoms with E-state index in [1.54, 1.807) is 0 Å². The van der Waals surface area contributed by atoms with Crippen molar-refractivity contribution < 1.29 is 18.7 Å². The summed E-state index contributed by atoms with van der Waals surface area (Å²) in [6.07, 6.45) is 2.08. The summed E-state index contributed by atoms with van der Waals surface area (Å²) in [4.78, 5) is 29.5. The van der Waals surface area contributed by atoms with E-state index in [1.807, 2.05) is 32.0 Å². The number of benzene rings is 2. The molecule has 0 radical (unpaired) electrons. The van der Waals surface area contributed by atoms with Crippen LogP contribution in [0.1, 0.15) is 31.9 Å². The average molecular weight is 425 g/mol. The van der Waals surface area contributed by atoms with Crippen molar-refractivity contribution in [3.8, 4) is 11.5 Å². The van der Waals surface area contributed by atoms with Crippen LogP contribution in [0.5, 0.6) is 11.5 Å². The predicted octanol–water partition coefficient (Wildman–Crippen LogP) is 3.21. The van der Waals surface area contributed by atoms with Crippen LogP contribution >= 0.6 is 0 Å². The zero-order valence-electron chi connectivity index (χ0n) is 17.4. The Morgan fingerprint density at radius 1 is 1.16 bits per heavy atom. The largest absolute Gasteiger partial charge is 0.490 e. The van der Waals surface area contributed by atoms with Crippen molar-refractivity contribution in [2.45, 2.75) is 32.9 Å². The van der Waals surface area contributed by atoms with Gasteiger partial charge in [0, 0.05) is 12.5 Å². The quantitative estimate of drug-likeness (QED) is 0.679. The summed E-state index contributed by atoms with van der Waals surface area (Å²) in [5.74, 6) is 0.668. The highest BCUT2D eigenvalue weighted by atomic mass is 19.1. The van der Waals surface area contributed by atoms with E-state index in [1.165, 1.54) is 29.1 Å². The van der Waals surface area contributed by atoms with Crippen molar-refractivity contribution >= 4 is 16.8 Å². The first kappa shape index (κ1) is 20.8. The van der Waals surface area contributed by atoms with Crippen LogP contribution in [0.2, 0.25) is 0 Å². The van der Waals surface area contributed by atoms with Gasteiger partial charge in [0.2, 0.25) is 5.91 Å². The first-order chi connectivity index (χ1) is 14.9. The van der Waals surface area contributed by atoms with Crippen molar-refractivity contribution in [1.29, 1.82) is 0 Å². The van der Waals surface area contributed by atoms with Gasteiger partial charge in [-0.25, -0.2) is 9.37 Å². The molecular formula is C23H24FN3O4. The lowest BCUT2D eigenvalue weighted by Crippen LogP contribution is -2.36. The number of carbonyl (C=O) groups is 1. The highest BCUT2D eigenvalue weighted by molar-refractivity contribution is 5.79. The summed E-state index contributed by atoms with van der Waals surface area (Å²) < 4.78 is 26.0. The van der Waals surface area contributed by atoms with E-state index in [9.17, 15) is 14.0 Å². The van der Waals surface area contributed by atoms with Gasteiger partial charge in [-0.3, -0.25) is 14.2 Å². The molecule has 0 unspecified atom stereocenters. The Balaban J connectivity index is 1.54. The third-order valence-electron chi connectivity index (χ3n) is 5.22. The number of hydrogen-bond acceptors (Lipinski definition) is 5. The fraction of sp³-hybridized carbons (Fsp3) is 0.348. The van der Waals surface area contributed by atoms with E-state index >= 15 is 0 Å². The molecule has 7 nitrogen and oxygen atoms in total. The number of nitrogens with zero attached hydrogens (tertiary/aromatic N) is 2. The number of amides is 1. The van der Waals surface area contributed by atoms with Crippen molar-refractivity contribution in [2.24, 2.45) is 5.92 Å². The maximum absolute atomic E-state index is 13.4. The molecular weight excluding hydrogens is 401 g/mol. The lowest BCUT2D eigenvalue weighted by molar-refractivity contribution is -0.122. The standard InChI is InChI=1S/C23H24FN3O4/c1-14(2)22(15-4-7-19-20(10-15)31-9-3-8-30-19)26-21(28)12-27-13-25-18-11-16(24)5-6-17(18)23(27)29/h4-7,10-11,13-14,22H,3,8-9,12H2,1-2H3,(H,26,28)/t22-/m0/s1. The number of rotatable bonds is 5. The van der Waals surface area contributed by atoms with Crippen LogP contribution in [0.15, 0.2) is 47.5 Å². The number of halogens is 1. The second kappa shape index (κ2) is 8.75. The molecule has 1 aliphatic heterocycles. The van der Waals surface area contributed by atoms with Gasteiger partial charge >= 0.3 is 0 Å². The van der Waals surface area contributed by atoms with E-state index in [0.29, 0.717) is 24.7 Å². The molecule has 2 aromatic carbocycles. The number of carbonyl (C=O) groups excluding carboxylic acids is 1. The molecule has 162 valence electrons. The minimum atomic E-state index is -0.468. The van der Waals surface area contributed by atoms with Crippen LogP contribution in [0.3, 0.4) is 0 Å². The maximum atomic E-state index is 13.4. The minimum Gasteiger partial charge on any atom is -0.490 e. The third-order valence-corrected chi connectivity index (χ3v) is 5.22. The minimum absolute atomic E-state index is 0.100. The molecule has 0 bridgehead atoms. The van der Waals surface area contributed by atoms with E-state index in [0.717, 1.165) is 12.0 Å². The SMILES string of the molecule is CC(C)[C@H](NC(=O)Cn1cnc2cc(F)ccc2c1=O)c1ccc2c(c1)OCCCO2. The van der Waals surface area contributed by atoms with Gasteiger partial charge in [-0.2, -0.15) is 0 Å². The van der Waals surface area contributed by atoms with Crippen molar-refractivity contribution in [3.63, 3.8) is 0 Å². The Morgan fingerprint density at radius 2 is 1.94 bits per heavy atom. The van der Waals surface area contributed by atoms with E-state index in [-0.39, 0.29) is 35.3 Å². The molecule has 1 aliphatic rings. The monoisotopic (exact) mass is 425 g/mol. The second-order valence-corrected chi connectivity index (χ2v) is 7.88. The predicted molar refractivity (Wildman–Crippen MR) is 114 cm³/mol. The van der Waals surface area contributed by atoms with Gasteiger partial charge in [0.15, 0.2) is 11.5 Å². The van der Waals surface area contributed by atoms with Gasteiger partial charge in [0.1, 0.15) is 12.4 Å². The lowest BCUT2D eigenvalue weighted by atomic mass is 9.95. The van der Waals surface area contributed by atoms with Crippen LogP contribution < -0.4 is 20.3 Å². The molecule has 4 rings (SSSR count). The lowest BCUT2D eigenvalue weighted by Gasteiger charge is -2.24. The molecule has 0 fully saturated rings. The molecule has 3 aromatic rings. The number of nitrogens with one attached hydrogen (secondary N) is 1. The fourth-order valence-corrected chi connectivity index (χ4v) is 3.63.